The number of nitrogens with zero attached hydrogens (tertiary/aromatic N) is 1. The SMILES string of the molecule is NC(=O)C1CC[NH+](Cc2csc(-c3ccsc3)n2)CC1. The van der Waals surface area contributed by atoms with Crippen LogP contribution < -0.4 is 10.6 Å². The molecule has 20 heavy (non-hydrogen) atoms. The normalized spacial score (nSPS) is 22.8. The Morgan fingerprint density at radius 1 is 1.40 bits per heavy atom. The van der Waals surface area contributed by atoms with E-state index in [1.54, 1.807) is 22.7 Å². The third-order valence-corrected chi connectivity index (χ3v) is 5.47. The molecule has 3 heterocycles. The number of piperidine rings is 1. The molecule has 0 spiro atoms. The summed E-state index contributed by atoms with van der Waals surface area (Å²) in [7, 11) is 0. The van der Waals surface area contributed by atoms with Gasteiger partial charge >= 0.3 is 0 Å². The van der Waals surface area contributed by atoms with Crippen molar-refractivity contribution in [3.63, 3.8) is 0 Å². The molecule has 3 rings (SSSR count). The van der Waals surface area contributed by atoms with E-state index in [0.29, 0.717) is 0 Å². The van der Waals surface area contributed by atoms with E-state index in [1.165, 1.54) is 10.5 Å². The van der Waals surface area contributed by atoms with Gasteiger partial charge in [0.25, 0.3) is 0 Å². The van der Waals surface area contributed by atoms with Gasteiger partial charge in [-0.1, -0.05) is 0 Å². The number of thiophene rings is 1. The van der Waals surface area contributed by atoms with Gasteiger partial charge in [0.1, 0.15) is 17.2 Å². The zero-order chi connectivity index (χ0) is 13.9. The highest BCUT2D eigenvalue weighted by molar-refractivity contribution is 7.14. The summed E-state index contributed by atoms with van der Waals surface area (Å²) >= 11 is 3.41. The standard InChI is InChI=1S/C14H17N3OS2/c15-13(18)10-1-4-17(5-2-10)7-12-9-20-14(16-12)11-3-6-19-8-11/h3,6,8-10H,1-2,4-5,7H2,(H2,15,18)/p+1. The van der Waals surface area contributed by atoms with Crippen LogP contribution in [0.4, 0.5) is 0 Å². The molecule has 4 nitrogen and oxygen atoms in total. The average molecular weight is 308 g/mol. The van der Waals surface area contributed by atoms with Gasteiger partial charge in [-0.25, -0.2) is 4.98 Å². The second kappa shape index (κ2) is 6.03. The second-order valence-corrected chi connectivity index (χ2v) is 6.90. The Morgan fingerprint density at radius 3 is 2.85 bits per heavy atom. The minimum Gasteiger partial charge on any atom is -0.369 e. The molecule has 3 N–H and O–H groups in total. The number of nitrogens with two attached hydrogens (primary N) is 1. The van der Waals surface area contributed by atoms with Gasteiger partial charge in [0, 0.05) is 35.1 Å². The van der Waals surface area contributed by atoms with Crippen molar-refractivity contribution in [3.05, 3.63) is 27.9 Å². The van der Waals surface area contributed by atoms with Gasteiger partial charge in [0.15, 0.2) is 0 Å². The van der Waals surface area contributed by atoms with Crippen LogP contribution in [0.25, 0.3) is 10.6 Å². The maximum atomic E-state index is 11.2. The molecule has 1 fully saturated rings. The van der Waals surface area contributed by atoms with E-state index in [0.717, 1.165) is 43.2 Å². The molecule has 0 bridgehead atoms. The molecule has 0 radical (unpaired) electrons. The van der Waals surface area contributed by atoms with Gasteiger partial charge in [0.2, 0.25) is 5.91 Å². The number of rotatable bonds is 4. The first-order chi connectivity index (χ1) is 9.72. The molecule has 106 valence electrons. The molecule has 1 amide bonds. The molecule has 6 heteroatoms. The smallest absolute Gasteiger partial charge is 0.220 e. The van der Waals surface area contributed by atoms with E-state index in [2.05, 4.69) is 22.2 Å². The Bertz CT molecular complexity index is 571. The lowest BCUT2D eigenvalue weighted by atomic mass is 9.96. The summed E-state index contributed by atoms with van der Waals surface area (Å²) < 4.78 is 0. The molecule has 0 saturated carbocycles. The molecular weight excluding hydrogens is 290 g/mol. The number of hydrogen-bond donors (Lipinski definition) is 2. The quantitative estimate of drug-likeness (QED) is 0.890. The highest BCUT2D eigenvalue weighted by Crippen LogP contribution is 2.25. The van der Waals surface area contributed by atoms with Crippen molar-refractivity contribution in [2.24, 2.45) is 11.7 Å². The first kappa shape index (κ1) is 13.7. The lowest BCUT2D eigenvalue weighted by Crippen LogP contribution is -3.11. The van der Waals surface area contributed by atoms with Crippen molar-refractivity contribution in [2.45, 2.75) is 19.4 Å². The minimum absolute atomic E-state index is 0.0792. The molecular formula is C14H18N3OS2+. The van der Waals surface area contributed by atoms with Gasteiger partial charge in [-0.2, -0.15) is 11.3 Å². The summed E-state index contributed by atoms with van der Waals surface area (Å²) in [4.78, 5) is 17.4. The van der Waals surface area contributed by atoms with E-state index in [-0.39, 0.29) is 11.8 Å². The summed E-state index contributed by atoms with van der Waals surface area (Å²) in [6.07, 6.45) is 1.82. The molecule has 1 aliphatic heterocycles. The number of carbonyl (C=O) groups excluding carboxylic acids is 1. The molecule has 1 aliphatic rings. The Labute approximate surface area is 126 Å². The predicted molar refractivity (Wildman–Crippen MR) is 81.7 cm³/mol. The van der Waals surface area contributed by atoms with Gasteiger partial charge < -0.3 is 10.6 Å². The third-order valence-electron chi connectivity index (χ3n) is 3.85. The summed E-state index contributed by atoms with van der Waals surface area (Å²) in [5.41, 5.74) is 7.74. The summed E-state index contributed by atoms with van der Waals surface area (Å²) in [6.45, 7) is 2.98. The van der Waals surface area contributed by atoms with Crippen molar-refractivity contribution in [2.75, 3.05) is 13.1 Å². The number of carbonyl (C=O) groups is 1. The summed E-state index contributed by atoms with van der Waals surface area (Å²) in [6, 6.07) is 2.11. The van der Waals surface area contributed by atoms with E-state index >= 15 is 0 Å². The third kappa shape index (κ3) is 3.08. The van der Waals surface area contributed by atoms with E-state index in [1.807, 2.05) is 0 Å². The zero-order valence-corrected chi connectivity index (χ0v) is 12.8. The largest absolute Gasteiger partial charge is 0.369 e. The molecule has 0 unspecified atom stereocenters. The van der Waals surface area contributed by atoms with Crippen LogP contribution in [0.15, 0.2) is 22.2 Å². The van der Waals surface area contributed by atoms with Crippen LogP contribution in [-0.4, -0.2) is 24.0 Å². The molecule has 2 aromatic heterocycles. The van der Waals surface area contributed by atoms with Crippen molar-refractivity contribution in [1.82, 2.24) is 4.98 Å². The number of thiazole rings is 1. The van der Waals surface area contributed by atoms with Crippen molar-refractivity contribution in [3.8, 4) is 10.6 Å². The van der Waals surface area contributed by atoms with Crippen molar-refractivity contribution >= 4 is 28.6 Å². The van der Waals surface area contributed by atoms with Crippen LogP contribution in [-0.2, 0) is 11.3 Å². The van der Waals surface area contributed by atoms with Gasteiger partial charge in [-0.05, 0) is 11.4 Å². The van der Waals surface area contributed by atoms with Crippen LogP contribution >= 0.6 is 22.7 Å². The molecule has 0 aliphatic carbocycles. The van der Waals surface area contributed by atoms with E-state index < -0.39 is 0 Å². The minimum atomic E-state index is -0.141. The van der Waals surface area contributed by atoms with E-state index in [4.69, 9.17) is 10.7 Å². The lowest BCUT2D eigenvalue weighted by Gasteiger charge is -2.27. The number of nitrogens with one attached hydrogen (secondary N) is 1. The van der Waals surface area contributed by atoms with E-state index in [9.17, 15) is 4.79 Å². The Hall–Kier alpha value is -1.24. The van der Waals surface area contributed by atoms with Crippen molar-refractivity contribution in [1.29, 1.82) is 0 Å². The Kier molecular flexibility index (Phi) is 4.14. The molecule has 0 atom stereocenters. The fraction of sp³-hybridized carbons (Fsp3) is 0.429. The van der Waals surface area contributed by atoms with Crippen LogP contribution in [0.5, 0.6) is 0 Å². The maximum absolute atomic E-state index is 11.2. The number of quaternary nitrogens is 1. The fourth-order valence-corrected chi connectivity index (χ4v) is 4.18. The number of hydrogen-bond acceptors (Lipinski definition) is 4. The van der Waals surface area contributed by atoms with Gasteiger partial charge in [-0.15, -0.1) is 11.3 Å². The highest BCUT2D eigenvalue weighted by Gasteiger charge is 2.26. The first-order valence-corrected chi connectivity index (χ1v) is 8.64. The number of likely N-dealkylation sites (tertiary alicyclic amines) is 1. The Balaban J connectivity index is 1.58. The van der Waals surface area contributed by atoms with Crippen LogP contribution in [0.2, 0.25) is 0 Å². The fourth-order valence-electron chi connectivity index (χ4n) is 2.65. The van der Waals surface area contributed by atoms with Gasteiger partial charge in [-0.3, -0.25) is 4.79 Å². The summed E-state index contributed by atoms with van der Waals surface area (Å²) in [5, 5.41) is 7.47. The zero-order valence-electron chi connectivity index (χ0n) is 11.2. The molecule has 0 aromatic carbocycles. The molecule has 2 aromatic rings. The predicted octanol–water partition coefficient (Wildman–Crippen LogP) is 1.15. The van der Waals surface area contributed by atoms with Crippen LogP contribution in [0.1, 0.15) is 18.5 Å². The van der Waals surface area contributed by atoms with Crippen molar-refractivity contribution < 1.29 is 9.69 Å². The highest BCUT2D eigenvalue weighted by atomic mass is 32.1. The topological polar surface area (TPSA) is 60.4 Å². The number of primary amides is 1. The maximum Gasteiger partial charge on any atom is 0.220 e. The Morgan fingerprint density at radius 2 is 2.20 bits per heavy atom. The first-order valence-electron chi connectivity index (χ1n) is 6.82. The second-order valence-electron chi connectivity index (χ2n) is 5.26. The molecule has 1 saturated heterocycles. The summed E-state index contributed by atoms with van der Waals surface area (Å²) in [5.74, 6) is -0.0620. The number of amides is 1. The monoisotopic (exact) mass is 308 g/mol. The lowest BCUT2D eigenvalue weighted by molar-refractivity contribution is -0.919. The van der Waals surface area contributed by atoms with Gasteiger partial charge in [0.05, 0.1) is 13.1 Å². The number of aromatic nitrogens is 1. The average Bonchev–Trinajstić information content (AvgIpc) is 3.09. The van der Waals surface area contributed by atoms with Crippen LogP contribution in [0, 0.1) is 5.92 Å². The van der Waals surface area contributed by atoms with Crippen LogP contribution in [0.3, 0.4) is 0 Å².